The molecule has 32 heavy (non-hydrogen) atoms. The molecule has 0 saturated carbocycles. The van der Waals surface area contributed by atoms with E-state index in [9.17, 15) is 8.78 Å². The molecule has 164 valence electrons. The topological polar surface area (TPSA) is 57.2 Å². The Morgan fingerprint density at radius 3 is 2.59 bits per heavy atom. The molecular formula is C24H23F2N5O. The Balaban J connectivity index is 1.25. The summed E-state index contributed by atoms with van der Waals surface area (Å²) in [6, 6.07) is 13.9. The van der Waals surface area contributed by atoms with Crippen molar-refractivity contribution < 1.29 is 13.3 Å². The number of amidine groups is 1. The Kier molecular flexibility index (Phi) is 5.53. The van der Waals surface area contributed by atoms with E-state index in [1.807, 2.05) is 6.07 Å². The van der Waals surface area contributed by atoms with Crippen LogP contribution >= 0.6 is 0 Å². The van der Waals surface area contributed by atoms with Crippen molar-refractivity contribution in [2.75, 3.05) is 38.1 Å². The van der Waals surface area contributed by atoms with Gasteiger partial charge in [-0.25, -0.2) is 13.8 Å². The number of benzene rings is 2. The summed E-state index contributed by atoms with van der Waals surface area (Å²) in [5.41, 5.74) is 2.99. The summed E-state index contributed by atoms with van der Waals surface area (Å²) in [5, 5.41) is 4.19. The molecule has 1 saturated heterocycles. The van der Waals surface area contributed by atoms with Crippen LogP contribution in [0.5, 0.6) is 0 Å². The van der Waals surface area contributed by atoms with Gasteiger partial charge in [-0.15, -0.1) is 0 Å². The maximum absolute atomic E-state index is 14.0. The predicted molar refractivity (Wildman–Crippen MR) is 121 cm³/mol. The standard InChI is InChI=1S/C24H23F2N5O/c1-30-9-11-31(12-10-30)18-7-5-16(6-8-18)22-14-19(32-29-22)13-17-15-27-24(28-17)20-3-2-4-21(25)23(20)26/h2-8,14-15,17H,9-13H2,1H3. The van der Waals surface area contributed by atoms with Crippen molar-refractivity contribution in [3.05, 3.63) is 71.5 Å². The van der Waals surface area contributed by atoms with Gasteiger partial charge in [0.15, 0.2) is 17.5 Å². The SMILES string of the molecule is CN1CCN(c2ccc(-c3cc(CC4C=NC(c5cccc(F)c5F)=N4)on3)cc2)CC1. The van der Waals surface area contributed by atoms with Gasteiger partial charge in [0.2, 0.25) is 0 Å². The van der Waals surface area contributed by atoms with Crippen molar-refractivity contribution >= 4 is 17.7 Å². The number of piperazine rings is 1. The van der Waals surface area contributed by atoms with Crippen molar-refractivity contribution in [1.29, 1.82) is 0 Å². The number of hydrogen-bond acceptors (Lipinski definition) is 6. The minimum atomic E-state index is -0.939. The van der Waals surface area contributed by atoms with Gasteiger partial charge in [0.1, 0.15) is 11.5 Å². The van der Waals surface area contributed by atoms with Crippen LogP contribution < -0.4 is 4.90 Å². The molecule has 0 bridgehead atoms. The van der Waals surface area contributed by atoms with Crippen LogP contribution in [0.1, 0.15) is 11.3 Å². The molecule has 0 radical (unpaired) electrons. The lowest BCUT2D eigenvalue weighted by Crippen LogP contribution is -2.44. The van der Waals surface area contributed by atoms with Crippen molar-refractivity contribution in [1.82, 2.24) is 10.1 Å². The molecule has 0 N–H and O–H groups in total. The number of aliphatic imine (C=N–C) groups is 2. The summed E-state index contributed by atoms with van der Waals surface area (Å²) in [6.07, 6.45) is 2.06. The molecule has 8 heteroatoms. The molecule has 0 amide bonds. The van der Waals surface area contributed by atoms with Crippen molar-refractivity contribution in [3.63, 3.8) is 0 Å². The number of hydrogen-bond donors (Lipinski definition) is 0. The van der Waals surface area contributed by atoms with Crippen molar-refractivity contribution in [2.45, 2.75) is 12.5 Å². The summed E-state index contributed by atoms with van der Waals surface area (Å²) in [5.74, 6) is -1.01. The Labute approximate surface area is 184 Å². The molecule has 0 spiro atoms. The third-order valence-corrected chi connectivity index (χ3v) is 5.85. The van der Waals surface area contributed by atoms with Gasteiger partial charge in [-0.2, -0.15) is 0 Å². The van der Waals surface area contributed by atoms with Crippen molar-refractivity contribution in [2.24, 2.45) is 9.98 Å². The first-order chi connectivity index (χ1) is 15.6. The number of nitrogens with zero attached hydrogens (tertiary/aromatic N) is 5. The quantitative estimate of drug-likeness (QED) is 0.612. The lowest BCUT2D eigenvalue weighted by atomic mass is 10.1. The van der Waals surface area contributed by atoms with E-state index in [1.54, 1.807) is 6.21 Å². The average molecular weight is 435 g/mol. The van der Waals surface area contributed by atoms with Crippen LogP contribution in [-0.2, 0) is 6.42 Å². The van der Waals surface area contributed by atoms with Gasteiger partial charge in [0.25, 0.3) is 0 Å². The number of likely N-dealkylation sites (N-methyl/N-ethyl adjacent to an activating group) is 1. The Hall–Kier alpha value is -3.39. The second-order valence-corrected chi connectivity index (χ2v) is 8.12. The summed E-state index contributed by atoms with van der Waals surface area (Å²) in [6.45, 7) is 4.17. The van der Waals surface area contributed by atoms with Crippen LogP contribution in [0.25, 0.3) is 11.3 Å². The molecule has 1 atom stereocenters. The molecule has 2 aliphatic rings. The summed E-state index contributed by atoms with van der Waals surface area (Å²) < 4.78 is 33.0. The Morgan fingerprint density at radius 1 is 1.03 bits per heavy atom. The molecule has 2 aromatic carbocycles. The fourth-order valence-electron chi connectivity index (χ4n) is 3.95. The van der Waals surface area contributed by atoms with Gasteiger partial charge < -0.3 is 14.3 Å². The van der Waals surface area contributed by atoms with Gasteiger partial charge in [0.05, 0.1) is 11.6 Å². The highest BCUT2D eigenvalue weighted by Crippen LogP contribution is 2.25. The monoisotopic (exact) mass is 435 g/mol. The molecule has 0 aliphatic carbocycles. The second-order valence-electron chi connectivity index (χ2n) is 8.12. The van der Waals surface area contributed by atoms with E-state index in [2.05, 4.69) is 56.3 Å². The lowest BCUT2D eigenvalue weighted by molar-refractivity contribution is 0.313. The third kappa shape index (κ3) is 4.18. The maximum Gasteiger partial charge on any atom is 0.169 e. The zero-order valence-electron chi connectivity index (χ0n) is 17.7. The van der Waals surface area contributed by atoms with Gasteiger partial charge in [-0.1, -0.05) is 23.4 Å². The van der Waals surface area contributed by atoms with E-state index in [4.69, 9.17) is 4.52 Å². The Morgan fingerprint density at radius 2 is 1.81 bits per heavy atom. The van der Waals surface area contributed by atoms with Crippen LogP contribution in [0.4, 0.5) is 14.5 Å². The van der Waals surface area contributed by atoms with E-state index in [0.717, 1.165) is 43.5 Å². The highest BCUT2D eigenvalue weighted by atomic mass is 19.2. The largest absolute Gasteiger partial charge is 0.369 e. The predicted octanol–water partition coefficient (Wildman–Crippen LogP) is 3.81. The summed E-state index contributed by atoms with van der Waals surface area (Å²) >= 11 is 0. The second kappa shape index (κ2) is 8.63. The van der Waals surface area contributed by atoms with E-state index in [1.165, 1.54) is 17.8 Å². The first kappa shape index (κ1) is 20.5. The fraction of sp³-hybridized carbons (Fsp3) is 0.292. The van der Waals surface area contributed by atoms with E-state index < -0.39 is 11.6 Å². The molecule has 6 nitrogen and oxygen atoms in total. The molecule has 5 rings (SSSR count). The molecular weight excluding hydrogens is 412 g/mol. The molecule has 1 unspecified atom stereocenters. The van der Waals surface area contributed by atoms with Gasteiger partial charge >= 0.3 is 0 Å². The average Bonchev–Trinajstić information content (AvgIpc) is 3.47. The van der Waals surface area contributed by atoms with Gasteiger partial charge in [-0.05, 0) is 31.3 Å². The normalized spacial score (nSPS) is 18.9. The number of aromatic nitrogens is 1. The molecule has 1 fully saturated rings. The maximum atomic E-state index is 14.0. The minimum absolute atomic E-state index is 0.0578. The number of rotatable bonds is 5. The minimum Gasteiger partial charge on any atom is -0.369 e. The smallest absolute Gasteiger partial charge is 0.169 e. The van der Waals surface area contributed by atoms with E-state index in [-0.39, 0.29) is 17.4 Å². The third-order valence-electron chi connectivity index (χ3n) is 5.85. The summed E-state index contributed by atoms with van der Waals surface area (Å²) in [4.78, 5) is 13.3. The Bertz CT molecular complexity index is 1160. The first-order valence-corrected chi connectivity index (χ1v) is 10.6. The lowest BCUT2D eigenvalue weighted by Gasteiger charge is -2.34. The van der Waals surface area contributed by atoms with Crippen LogP contribution in [0.15, 0.2) is 63.0 Å². The first-order valence-electron chi connectivity index (χ1n) is 10.6. The number of anilines is 1. The molecule has 3 aromatic rings. The van der Waals surface area contributed by atoms with Gasteiger partial charge in [0, 0.05) is 56.1 Å². The highest BCUT2D eigenvalue weighted by Gasteiger charge is 2.21. The fourth-order valence-corrected chi connectivity index (χ4v) is 3.95. The molecule has 3 heterocycles. The van der Waals surface area contributed by atoms with Crippen LogP contribution in [0.2, 0.25) is 0 Å². The summed E-state index contributed by atoms with van der Waals surface area (Å²) in [7, 11) is 2.14. The molecule has 2 aliphatic heterocycles. The van der Waals surface area contributed by atoms with Gasteiger partial charge in [-0.3, -0.25) is 4.99 Å². The molecule has 1 aromatic heterocycles. The highest BCUT2D eigenvalue weighted by molar-refractivity contribution is 6.07. The van der Waals surface area contributed by atoms with Crippen LogP contribution in [-0.4, -0.2) is 61.4 Å². The van der Waals surface area contributed by atoms with E-state index >= 15 is 0 Å². The van der Waals surface area contributed by atoms with Crippen molar-refractivity contribution in [3.8, 4) is 11.3 Å². The van der Waals surface area contributed by atoms with E-state index in [0.29, 0.717) is 12.2 Å². The van der Waals surface area contributed by atoms with Crippen LogP contribution in [0, 0.1) is 11.6 Å². The van der Waals surface area contributed by atoms with Crippen LogP contribution in [0.3, 0.4) is 0 Å². The zero-order chi connectivity index (χ0) is 22.1. The zero-order valence-corrected chi connectivity index (χ0v) is 17.7. The number of halogens is 2.